The molecule has 110 valence electrons. The summed E-state index contributed by atoms with van der Waals surface area (Å²) in [4.78, 5) is 11.1. The number of rotatable bonds is 7. The summed E-state index contributed by atoms with van der Waals surface area (Å²) in [6.45, 7) is 1.47. The highest BCUT2D eigenvalue weighted by Gasteiger charge is 2.23. The highest BCUT2D eigenvalue weighted by molar-refractivity contribution is 7.88. The molecule has 0 aliphatic rings. The van der Waals surface area contributed by atoms with Crippen LogP contribution in [0.5, 0.6) is 0 Å². The van der Waals surface area contributed by atoms with Crippen molar-refractivity contribution in [2.24, 2.45) is 11.5 Å². The maximum atomic E-state index is 12.3. The molecule has 0 atom stereocenters. The third-order valence-electron chi connectivity index (χ3n) is 2.70. The normalized spacial score (nSPS) is 11.5. The topological polar surface area (TPSA) is 106 Å². The number of primary amides is 1. The van der Waals surface area contributed by atoms with E-state index in [1.165, 1.54) is 0 Å². The minimum Gasteiger partial charge on any atom is -0.389 e. The van der Waals surface area contributed by atoms with Gasteiger partial charge < -0.3 is 11.5 Å². The number of likely N-dealkylation sites (N-methyl/N-ethyl adjacent to an activating group) is 1. The number of nitrogens with two attached hydrogens (primary N) is 2. The molecule has 0 aliphatic carbocycles. The Kier molecular flexibility index (Phi) is 5.61. The van der Waals surface area contributed by atoms with Gasteiger partial charge in [-0.3, -0.25) is 4.79 Å². The highest BCUT2D eigenvalue weighted by Crippen LogP contribution is 2.15. The van der Waals surface area contributed by atoms with Gasteiger partial charge in [-0.1, -0.05) is 43.4 Å². The molecule has 0 saturated heterocycles. The van der Waals surface area contributed by atoms with Gasteiger partial charge in [0.05, 0.1) is 12.3 Å². The fraction of sp³-hybridized carbons (Fsp3) is 0.333. The lowest BCUT2D eigenvalue weighted by Gasteiger charge is -2.19. The first-order valence-electron chi connectivity index (χ1n) is 5.91. The molecule has 4 N–H and O–H groups in total. The first-order valence-corrected chi connectivity index (χ1v) is 7.93. The van der Waals surface area contributed by atoms with Crippen LogP contribution < -0.4 is 11.5 Å². The Morgan fingerprint density at radius 3 is 2.40 bits per heavy atom. The van der Waals surface area contributed by atoms with E-state index in [9.17, 15) is 13.2 Å². The van der Waals surface area contributed by atoms with Crippen LogP contribution in [0.2, 0.25) is 0 Å². The Labute approximate surface area is 123 Å². The van der Waals surface area contributed by atoms with Crippen molar-refractivity contribution in [3.63, 3.8) is 0 Å². The minimum atomic E-state index is -3.66. The van der Waals surface area contributed by atoms with Crippen LogP contribution in [0.3, 0.4) is 0 Å². The first kappa shape index (κ1) is 16.5. The van der Waals surface area contributed by atoms with Gasteiger partial charge in [0.15, 0.2) is 0 Å². The quantitative estimate of drug-likeness (QED) is 0.687. The van der Waals surface area contributed by atoms with Crippen LogP contribution in [0.1, 0.15) is 18.1 Å². The molecule has 8 heteroatoms. The Hall–Kier alpha value is -1.51. The van der Waals surface area contributed by atoms with E-state index in [-0.39, 0.29) is 23.8 Å². The zero-order chi connectivity index (χ0) is 15.3. The second-order valence-electron chi connectivity index (χ2n) is 4.17. The number of nitrogens with zero attached hydrogens (tertiary/aromatic N) is 1. The number of carbonyl (C=O) groups excluding carboxylic acids is 1. The van der Waals surface area contributed by atoms with Crippen LogP contribution in [0.4, 0.5) is 0 Å². The predicted octanol–water partition coefficient (Wildman–Crippen LogP) is -0.0422. The van der Waals surface area contributed by atoms with Gasteiger partial charge in [0.1, 0.15) is 4.99 Å². The molecule has 0 heterocycles. The van der Waals surface area contributed by atoms with E-state index >= 15 is 0 Å². The van der Waals surface area contributed by atoms with E-state index in [2.05, 4.69) is 0 Å². The second kappa shape index (κ2) is 6.78. The summed E-state index contributed by atoms with van der Waals surface area (Å²) < 4.78 is 25.6. The van der Waals surface area contributed by atoms with Gasteiger partial charge in [0.25, 0.3) is 0 Å². The van der Waals surface area contributed by atoms with Crippen LogP contribution in [0.25, 0.3) is 0 Å². The Balaban J connectivity index is 3.07. The zero-order valence-corrected chi connectivity index (χ0v) is 12.7. The highest BCUT2D eigenvalue weighted by atomic mass is 32.2. The molecule has 0 saturated carbocycles. The lowest BCUT2D eigenvalue weighted by atomic mass is 10.1. The third-order valence-corrected chi connectivity index (χ3v) is 4.77. The number of benzene rings is 1. The van der Waals surface area contributed by atoms with E-state index in [4.69, 9.17) is 23.7 Å². The number of hydrogen-bond acceptors (Lipinski definition) is 4. The second-order valence-corrected chi connectivity index (χ2v) is 6.58. The van der Waals surface area contributed by atoms with Gasteiger partial charge in [-0.05, 0) is 5.56 Å². The van der Waals surface area contributed by atoms with Gasteiger partial charge in [0, 0.05) is 12.1 Å². The van der Waals surface area contributed by atoms with E-state index in [0.717, 1.165) is 4.31 Å². The first-order chi connectivity index (χ1) is 9.27. The summed E-state index contributed by atoms with van der Waals surface area (Å²) in [5, 5.41) is 0. The van der Waals surface area contributed by atoms with E-state index in [1.807, 2.05) is 0 Å². The van der Waals surface area contributed by atoms with Crippen molar-refractivity contribution >= 4 is 33.1 Å². The average molecular weight is 315 g/mol. The van der Waals surface area contributed by atoms with Crippen molar-refractivity contribution < 1.29 is 13.2 Å². The monoisotopic (exact) mass is 315 g/mol. The lowest BCUT2D eigenvalue weighted by Crippen LogP contribution is -2.39. The van der Waals surface area contributed by atoms with Crippen molar-refractivity contribution in [2.75, 3.05) is 13.1 Å². The molecule has 1 rings (SSSR count). The summed E-state index contributed by atoms with van der Waals surface area (Å²) >= 11 is 4.90. The Morgan fingerprint density at radius 1 is 1.30 bits per heavy atom. The summed E-state index contributed by atoms with van der Waals surface area (Å²) in [7, 11) is -3.66. The number of carbonyl (C=O) groups is 1. The summed E-state index contributed by atoms with van der Waals surface area (Å²) in [6, 6.07) is 6.74. The van der Waals surface area contributed by atoms with Crippen LogP contribution in [0, 0.1) is 0 Å². The van der Waals surface area contributed by atoms with E-state index in [0.29, 0.717) is 11.1 Å². The van der Waals surface area contributed by atoms with Crippen LogP contribution >= 0.6 is 12.2 Å². The smallest absolute Gasteiger partial charge is 0.232 e. The maximum Gasteiger partial charge on any atom is 0.232 e. The van der Waals surface area contributed by atoms with Crippen molar-refractivity contribution in [3.8, 4) is 0 Å². The molecule has 0 unspecified atom stereocenters. The number of thiocarbonyl (C=S) groups is 1. The fourth-order valence-corrected chi connectivity index (χ4v) is 3.50. The van der Waals surface area contributed by atoms with Gasteiger partial charge >= 0.3 is 0 Å². The van der Waals surface area contributed by atoms with Gasteiger partial charge in [-0.2, -0.15) is 4.31 Å². The van der Waals surface area contributed by atoms with Crippen molar-refractivity contribution in [2.45, 2.75) is 12.7 Å². The molecule has 1 aromatic carbocycles. The van der Waals surface area contributed by atoms with Crippen LogP contribution in [0.15, 0.2) is 24.3 Å². The summed E-state index contributed by atoms with van der Waals surface area (Å²) in [5.41, 5.74) is 11.6. The number of amides is 1. The number of hydrogen-bond donors (Lipinski definition) is 2. The molecule has 0 radical (unpaired) electrons. The maximum absolute atomic E-state index is 12.3. The molecule has 0 aromatic heterocycles. The molecule has 20 heavy (non-hydrogen) atoms. The largest absolute Gasteiger partial charge is 0.389 e. The molecule has 1 amide bonds. The van der Waals surface area contributed by atoms with E-state index in [1.54, 1.807) is 31.2 Å². The molecule has 0 fully saturated rings. The van der Waals surface area contributed by atoms with Gasteiger partial charge in [-0.25, -0.2) is 8.42 Å². The molecule has 0 bridgehead atoms. The molecule has 1 aromatic rings. The SMILES string of the molecule is CCN(CC(N)=O)S(=O)(=O)Cc1ccccc1C(N)=S. The van der Waals surface area contributed by atoms with Crippen LogP contribution in [-0.4, -0.2) is 36.7 Å². The molecule has 0 spiro atoms. The molecule has 0 aliphatic heterocycles. The van der Waals surface area contributed by atoms with Crippen molar-refractivity contribution in [1.82, 2.24) is 4.31 Å². The lowest BCUT2D eigenvalue weighted by molar-refractivity contribution is -0.118. The van der Waals surface area contributed by atoms with E-state index < -0.39 is 15.9 Å². The van der Waals surface area contributed by atoms with Gasteiger partial charge in [0.2, 0.25) is 15.9 Å². The molecule has 6 nitrogen and oxygen atoms in total. The van der Waals surface area contributed by atoms with Crippen molar-refractivity contribution in [3.05, 3.63) is 35.4 Å². The average Bonchev–Trinajstić information content (AvgIpc) is 2.35. The summed E-state index contributed by atoms with van der Waals surface area (Å²) in [6.07, 6.45) is 0. The van der Waals surface area contributed by atoms with Crippen molar-refractivity contribution in [1.29, 1.82) is 0 Å². The van der Waals surface area contributed by atoms with Gasteiger partial charge in [-0.15, -0.1) is 0 Å². The molecular formula is C12H17N3O3S2. The summed E-state index contributed by atoms with van der Waals surface area (Å²) in [5.74, 6) is -0.972. The molecular weight excluding hydrogens is 298 g/mol. The standard InChI is InChI=1S/C12H17N3O3S2/c1-2-15(7-11(13)16)20(17,18)8-9-5-3-4-6-10(9)12(14)19/h3-6H,2,7-8H2,1H3,(H2,13,16)(H2,14,19). The Morgan fingerprint density at radius 2 is 1.90 bits per heavy atom. The third kappa shape index (κ3) is 4.26. The predicted molar refractivity (Wildman–Crippen MR) is 81.4 cm³/mol. The Bertz CT molecular complexity index is 614. The minimum absolute atomic E-state index is 0.133. The number of sulfonamides is 1. The fourth-order valence-electron chi connectivity index (χ4n) is 1.76. The zero-order valence-electron chi connectivity index (χ0n) is 11.1. The van der Waals surface area contributed by atoms with Crippen LogP contribution in [-0.2, 0) is 20.6 Å².